The molecule has 0 radical (unpaired) electrons. The summed E-state index contributed by atoms with van der Waals surface area (Å²) in [5, 5.41) is 6.10. The van der Waals surface area contributed by atoms with E-state index < -0.39 is 0 Å². The maximum Gasteiger partial charge on any atom is 0.257 e. The molecule has 1 aromatic heterocycles. The van der Waals surface area contributed by atoms with Gasteiger partial charge in [0.25, 0.3) is 5.91 Å². The van der Waals surface area contributed by atoms with Gasteiger partial charge in [-0.1, -0.05) is 12.1 Å². The topological polar surface area (TPSA) is 72.5 Å². The predicted molar refractivity (Wildman–Crippen MR) is 110 cm³/mol. The second kappa shape index (κ2) is 9.41. The van der Waals surface area contributed by atoms with Crippen molar-refractivity contribution < 1.29 is 14.3 Å². The first-order valence-corrected chi connectivity index (χ1v) is 8.96. The van der Waals surface area contributed by atoms with Crippen LogP contribution in [-0.2, 0) is 6.42 Å². The van der Waals surface area contributed by atoms with E-state index in [1.54, 1.807) is 56.8 Å². The number of ether oxygens (including phenoxy) is 2. The number of hydrogen-bond acceptors (Lipinski definition) is 5. The molecule has 6 heteroatoms. The van der Waals surface area contributed by atoms with Crippen LogP contribution in [0.5, 0.6) is 11.5 Å². The van der Waals surface area contributed by atoms with Gasteiger partial charge in [-0.25, -0.2) is 4.98 Å². The highest BCUT2D eigenvalue weighted by atomic mass is 16.5. The quantitative estimate of drug-likeness (QED) is 0.621. The van der Waals surface area contributed by atoms with Crippen LogP contribution in [0.1, 0.15) is 15.9 Å². The summed E-state index contributed by atoms with van der Waals surface area (Å²) in [5.74, 6) is 2.11. The Morgan fingerprint density at radius 1 is 0.964 bits per heavy atom. The molecule has 0 saturated carbocycles. The highest BCUT2D eigenvalue weighted by molar-refractivity contribution is 6.04. The number of amides is 1. The molecular formula is C22H23N3O3. The van der Waals surface area contributed by atoms with Gasteiger partial charge in [0.05, 0.1) is 19.8 Å². The highest BCUT2D eigenvalue weighted by Crippen LogP contribution is 2.16. The van der Waals surface area contributed by atoms with Crippen molar-refractivity contribution in [3.63, 3.8) is 0 Å². The molecule has 3 aromatic rings. The van der Waals surface area contributed by atoms with E-state index in [2.05, 4.69) is 21.7 Å². The van der Waals surface area contributed by atoms with Crippen molar-refractivity contribution in [3.8, 4) is 11.5 Å². The van der Waals surface area contributed by atoms with Crippen molar-refractivity contribution in [2.24, 2.45) is 0 Å². The largest absolute Gasteiger partial charge is 0.497 e. The van der Waals surface area contributed by atoms with E-state index in [1.807, 2.05) is 18.2 Å². The second-order valence-corrected chi connectivity index (χ2v) is 6.14. The lowest BCUT2D eigenvalue weighted by Crippen LogP contribution is -2.13. The Bertz CT molecular complexity index is 909. The van der Waals surface area contributed by atoms with Crippen molar-refractivity contribution in [1.82, 2.24) is 4.98 Å². The number of carbonyl (C=O) groups is 1. The Morgan fingerprint density at radius 2 is 1.75 bits per heavy atom. The van der Waals surface area contributed by atoms with Gasteiger partial charge in [0.15, 0.2) is 0 Å². The summed E-state index contributed by atoms with van der Waals surface area (Å²) in [6.07, 6.45) is 2.41. The number of carbonyl (C=O) groups excluding carboxylic acids is 1. The van der Waals surface area contributed by atoms with E-state index in [-0.39, 0.29) is 5.91 Å². The number of nitrogens with one attached hydrogen (secondary N) is 2. The summed E-state index contributed by atoms with van der Waals surface area (Å²) in [6, 6.07) is 18.7. The predicted octanol–water partition coefficient (Wildman–Crippen LogP) is 4.01. The Balaban J connectivity index is 1.51. The molecule has 0 unspecified atom stereocenters. The number of aromatic nitrogens is 1. The molecule has 2 N–H and O–H groups in total. The number of pyridine rings is 1. The fourth-order valence-corrected chi connectivity index (χ4v) is 2.67. The summed E-state index contributed by atoms with van der Waals surface area (Å²) >= 11 is 0. The zero-order chi connectivity index (χ0) is 19.8. The van der Waals surface area contributed by atoms with E-state index in [4.69, 9.17) is 9.47 Å². The minimum absolute atomic E-state index is 0.208. The normalized spacial score (nSPS) is 10.2. The van der Waals surface area contributed by atoms with Gasteiger partial charge in [-0.15, -0.1) is 0 Å². The van der Waals surface area contributed by atoms with Gasteiger partial charge in [0, 0.05) is 18.4 Å². The minimum Gasteiger partial charge on any atom is -0.497 e. The molecule has 1 amide bonds. The van der Waals surface area contributed by atoms with E-state index in [9.17, 15) is 4.79 Å². The fraction of sp³-hybridized carbons (Fsp3) is 0.182. The van der Waals surface area contributed by atoms with Gasteiger partial charge in [0.1, 0.15) is 17.3 Å². The zero-order valence-corrected chi connectivity index (χ0v) is 15.9. The van der Waals surface area contributed by atoms with Crippen LogP contribution in [-0.4, -0.2) is 31.7 Å². The van der Waals surface area contributed by atoms with Crippen LogP contribution in [0.15, 0.2) is 66.9 Å². The first-order chi connectivity index (χ1) is 13.7. The van der Waals surface area contributed by atoms with Gasteiger partial charge in [-0.2, -0.15) is 0 Å². The van der Waals surface area contributed by atoms with Crippen molar-refractivity contribution >= 4 is 17.4 Å². The van der Waals surface area contributed by atoms with Gasteiger partial charge in [-0.05, 0) is 60.5 Å². The Hall–Kier alpha value is -3.54. The number of hydrogen-bond donors (Lipinski definition) is 2. The second-order valence-electron chi connectivity index (χ2n) is 6.14. The van der Waals surface area contributed by atoms with E-state index in [0.717, 1.165) is 30.3 Å². The SMILES string of the molecule is COc1ccc(NC(=O)c2ccc(NCCc3cccc(OC)c3)nc2)cc1. The fourth-order valence-electron chi connectivity index (χ4n) is 2.67. The van der Waals surface area contributed by atoms with Crippen LogP contribution in [0.2, 0.25) is 0 Å². The van der Waals surface area contributed by atoms with Crippen LogP contribution in [0.3, 0.4) is 0 Å². The maximum atomic E-state index is 12.3. The molecule has 2 aromatic carbocycles. The van der Waals surface area contributed by atoms with Gasteiger partial charge in [-0.3, -0.25) is 4.79 Å². The molecule has 0 fully saturated rings. The maximum absolute atomic E-state index is 12.3. The molecule has 1 heterocycles. The molecule has 0 aliphatic carbocycles. The molecule has 0 atom stereocenters. The van der Waals surface area contributed by atoms with E-state index in [1.165, 1.54) is 5.56 Å². The zero-order valence-electron chi connectivity index (χ0n) is 15.9. The van der Waals surface area contributed by atoms with Crippen molar-refractivity contribution in [1.29, 1.82) is 0 Å². The Labute approximate surface area is 164 Å². The molecule has 3 rings (SSSR count). The monoisotopic (exact) mass is 377 g/mol. The summed E-state index contributed by atoms with van der Waals surface area (Å²) < 4.78 is 10.3. The van der Waals surface area contributed by atoms with Crippen LogP contribution in [0, 0.1) is 0 Å². The molecule has 0 bridgehead atoms. The molecule has 28 heavy (non-hydrogen) atoms. The minimum atomic E-state index is -0.208. The standard InChI is InChI=1S/C22H23N3O3/c1-27-19-9-7-18(8-10-19)25-22(26)17-6-11-21(24-15-17)23-13-12-16-4-3-5-20(14-16)28-2/h3-11,14-15H,12-13H2,1-2H3,(H,23,24)(H,25,26). The number of anilines is 2. The first kappa shape index (κ1) is 19.2. The third kappa shape index (κ3) is 5.23. The van der Waals surface area contributed by atoms with Crippen molar-refractivity contribution in [3.05, 3.63) is 78.0 Å². The average Bonchev–Trinajstić information content (AvgIpc) is 2.75. The van der Waals surface area contributed by atoms with Crippen molar-refractivity contribution in [2.45, 2.75) is 6.42 Å². The summed E-state index contributed by atoms with van der Waals surface area (Å²) in [6.45, 7) is 0.734. The lowest BCUT2D eigenvalue weighted by Gasteiger charge is -2.09. The number of nitrogens with zero attached hydrogens (tertiary/aromatic N) is 1. The van der Waals surface area contributed by atoms with Crippen LogP contribution >= 0.6 is 0 Å². The van der Waals surface area contributed by atoms with E-state index in [0.29, 0.717) is 11.3 Å². The summed E-state index contributed by atoms with van der Waals surface area (Å²) in [4.78, 5) is 16.6. The first-order valence-electron chi connectivity index (χ1n) is 8.96. The number of rotatable bonds is 8. The Morgan fingerprint density at radius 3 is 2.43 bits per heavy atom. The summed E-state index contributed by atoms with van der Waals surface area (Å²) in [7, 11) is 3.26. The van der Waals surface area contributed by atoms with Gasteiger partial charge in [0.2, 0.25) is 0 Å². The van der Waals surface area contributed by atoms with Crippen LogP contribution in [0.4, 0.5) is 11.5 Å². The number of benzene rings is 2. The van der Waals surface area contributed by atoms with Gasteiger partial charge < -0.3 is 20.1 Å². The average molecular weight is 377 g/mol. The molecule has 0 spiro atoms. The van der Waals surface area contributed by atoms with Crippen LogP contribution < -0.4 is 20.1 Å². The molecule has 144 valence electrons. The third-order valence-electron chi connectivity index (χ3n) is 4.23. The number of methoxy groups -OCH3 is 2. The molecule has 6 nitrogen and oxygen atoms in total. The molecule has 0 saturated heterocycles. The summed E-state index contributed by atoms with van der Waals surface area (Å²) in [5.41, 5.74) is 2.38. The molecule has 0 aliphatic rings. The van der Waals surface area contributed by atoms with Gasteiger partial charge >= 0.3 is 0 Å². The lowest BCUT2D eigenvalue weighted by molar-refractivity contribution is 0.102. The Kier molecular flexibility index (Phi) is 6.46. The lowest BCUT2D eigenvalue weighted by atomic mass is 10.1. The van der Waals surface area contributed by atoms with E-state index >= 15 is 0 Å². The van der Waals surface area contributed by atoms with Crippen LogP contribution in [0.25, 0.3) is 0 Å². The highest BCUT2D eigenvalue weighted by Gasteiger charge is 2.07. The smallest absolute Gasteiger partial charge is 0.257 e. The third-order valence-corrected chi connectivity index (χ3v) is 4.23. The molecule has 0 aliphatic heterocycles. The molecular weight excluding hydrogens is 354 g/mol. The van der Waals surface area contributed by atoms with Crippen molar-refractivity contribution in [2.75, 3.05) is 31.4 Å².